The van der Waals surface area contributed by atoms with Crippen LogP contribution in [0.5, 0.6) is 5.75 Å². The van der Waals surface area contributed by atoms with E-state index in [1.165, 1.54) is 13.2 Å². The van der Waals surface area contributed by atoms with E-state index in [-0.39, 0.29) is 17.3 Å². The molecule has 0 fully saturated rings. The van der Waals surface area contributed by atoms with E-state index in [9.17, 15) is 8.42 Å². The second-order valence-corrected chi connectivity index (χ2v) is 5.34. The van der Waals surface area contributed by atoms with E-state index in [0.29, 0.717) is 4.47 Å². The van der Waals surface area contributed by atoms with Gasteiger partial charge >= 0.3 is 0 Å². The SMILES string of the molecule is CCONS(=O)(=O)c1cc(Br)ccc1OC. The number of benzene rings is 1. The minimum Gasteiger partial charge on any atom is -0.495 e. The third-order valence-electron chi connectivity index (χ3n) is 1.73. The van der Waals surface area contributed by atoms with Crippen LogP contribution in [-0.4, -0.2) is 22.1 Å². The van der Waals surface area contributed by atoms with Gasteiger partial charge in [-0.05, 0) is 25.1 Å². The fourth-order valence-corrected chi connectivity index (χ4v) is 2.62. The summed E-state index contributed by atoms with van der Waals surface area (Å²) in [4.78, 5) is 6.71. The second-order valence-electron chi connectivity index (χ2n) is 2.81. The number of ether oxygens (including phenoxy) is 1. The van der Waals surface area contributed by atoms with Gasteiger partial charge in [-0.2, -0.15) is 0 Å². The van der Waals surface area contributed by atoms with E-state index in [2.05, 4.69) is 20.8 Å². The second kappa shape index (κ2) is 5.62. The summed E-state index contributed by atoms with van der Waals surface area (Å²) in [6, 6.07) is 4.70. The highest BCUT2D eigenvalue weighted by atomic mass is 79.9. The summed E-state index contributed by atoms with van der Waals surface area (Å²) in [5.74, 6) is 0.260. The maximum Gasteiger partial charge on any atom is 0.266 e. The average molecular weight is 310 g/mol. The predicted molar refractivity (Wildman–Crippen MR) is 62.6 cm³/mol. The van der Waals surface area contributed by atoms with Crippen molar-refractivity contribution >= 4 is 26.0 Å². The van der Waals surface area contributed by atoms with Crippen LogP contribution in [0.3, 0.4) is 0 Å². The smallest absolute Gasteiger partial charge is 0.266 e. The highest BCUT2D eigenvalue weighted by Gasteiger charge is 2.19. The lowest BCUT2D eigenvalue weighted by Gasteiger charge is -2.10. The molecule has 0 bridgehead atoms. The van der Waals surface area contributed by atoms with Crippen LogP contribution in [0.1, 0.15) is 6.92 Å². The molecule has 0 atom stereocenters. The molecule has 1 aromatic rings. The van der Waals surface area contributed by atoms with Crippen LogP contribution in [0.15, 0.2) is 27.6 Å². The van der Waals surface area contributed by atoms with Crippen molar-refractivity contribution in [1.82, 2.24) is 4.89 Å². The Kier molecular flexibility index (Phi) is 4.72. The first kappa shape index (κ1) is 13.4. The molecule has 0 radical (unpaired) electrons. The van der Waals surface area contributed by atoms with Gasteiger partial charge < -0.3 is 4.74 Å². The van der Waals surface area contributed by atoms with E-state index in [0.717, 1.165) is 0 Å². The third-order valence-corrected chi connectivity index (χ3v) is 3.46. The van der Waals surface area contributed by atoms with Gasteiger partial charge in [-0.25, -0.2) is 8.42 Å². The molecule has 1 N–H and O–H groups in total. The largest absolute Gasteiger partial charge is 0.495 e. The Hall–Kier alpha value is -0.630. The highest BCUT2D eigenvalue weighted by Crippen LogP contribution is 2.26. The molecule has 7 heteroatoms. The van der Waals surface area contributed by atoms with Gasteiger partial charge in [-0.1, -0.05) is 20.8 Å². The Morgan fingerprint density at radius 2 is 2.12 bits per heavy atom. The molecule has 1 rings (SSSR count). The van der Waals surface area contributed by atoms with E-state index < -0.39 is 10.0 Å². The lowest BCUT2D eigenvalue weighted by atomic mass is 10.3. The van der Waals surface area contributed by atoms with E-state index >= 15 is 0 Å². The third kappa shape index (κ3) is 3.18. The van der Waals surface area contributed by atoms with Gasteiger partial charge in [0, 0.05) is 4.47 Å². The minimum atomic E-state index is -3.71. The van der Waals surface area contributed by atoms with Crippen molar-refractivity contribution in [1.29, 1.82) is 0 Å². The van der Waals surface area contributed by atoms with Gasteiger partial charge in [0.2, 0.25) is 0 Å². The topological polar surface area (TPSA) is 64.6 Å². The summed E-state index contributed by atoms with van der Waals surface area (Å²) in [6.07, 6.45) is 0. The van der Waals surface area contributed by atoms with Crippen molar-refractivity contribution in [3.05, 3.63) is 22.7 Å². The summed E-state index contributed by atoms with van der Waals surface area (Å²) in [6.45, 7) is 1.93. The Morgan fingerprint density at radius 3 is 2.69 bits per heavy atom. The molecule has 0 aliphatic rings. The van der Waals surface area contributed by atoms with Crippen LogP contribution in [0, 0.1) is 0 Å². The standard InChI is InChI=1S/C9H12BrNO4S/c1-3-15-11-16(12,13)9-6-7(10)4-5-8(9)14-2/h4-6,11H,3H2,1-2H3. The molecule has 0 saturated carbocycles. The van der Waals surface area contributed by atoms with Crippen LogP contribution >= 0.6 is 15.9 Å². The van der Waals surface area contributed by atoms with Crippen molar-refractivity contribution in [3.63, 3.8) is 0 Å². The van der Waals surface area contributed by atoms with Gasteiger partial charge in [-0.15, -0.1) is 0 Å². The Bertz CT molecular complexity index is 461. The maximum atomic E-state index is 11.8. The van der Waals surface area contributed by atoms with E-state index in [4.69, 9.17) is 4.74 Å². The number of hydrogen-bond acceptors (Lipinski definition) is 4. The number of sulfonamides is 1. The Labute approximate surface area is 103 Å². The lowest BCUT2D eigenvalue weighted by molar-refractivity contribution is 0.105. The van der Waals surface area contributed by atoms with Gasteiger partial charge in [-0.3, -0.25) is 4.84 Å². The zero-order valence-electron chi connectivity index (χ0n) is 8.86. The molecule has 0 spiro atoms. The van der Waals surface area contributed by atoms with Crippen molar-refractivity contribution in [2.24, 2.45) is 0 Å². The van der Waals surface area contributed by atoms with E-state index in [1.54, 1.807) is 19.1 Å². The Balaban J connectivity index is 3.15. The maximum absolute atomic E-state index is 11.8. The number of hydrogen-bond donors (Lipinski definition) is 1. The first-order valence-corrected chi connectivity index (χ1v) is 6.76. The molecule has 5 nitrogen and oxygen atoms in total. The van der Waals surface area contributed by atoms with Crippen LogP contribution in [0.2, 0.25) is 0 Å². The minimum absolute atomic E-state index is 0.0258. The number of rotatable bonds is 5. The lowest BCUT2D eigenvalue weighted by Crippen LogP contribution is -2.24. The summed E-state index contributed by atoms with van der Waals surface area (Å²) in [7, 11) is -2.31. The normalized spacial score (nSPS) is 11.4. The molecule has 90 valence electrons. The Morgan fingerprint density at radius 1 is 1.44 bits per heavy atom. The van der Waals surface area contributed by atoms with Crippen LogP contribution in [-0.2, 0) is 14.9 Å². The van der Waals surface area contributed by atoms with E-state index in [1.807, 2.05) is 4.89 Å². The quantitative estimate of drug-likeness (QED) is 0.841. The van der Waals surface area contributed by atoms with Crippen LogP contribution in [0.4, 0.5) is 0 Å². The zero-order valence-corrected chi connectivity index (χ0v) is 11.3. The molecule has 0 aromatic heterocycles. The molecular weight excluding hydrogens is 298 g/mol. The summed E-state index contributed by atoms with van der Waals surface area (Å²) in [5.41, 5.74) is 0. The fraction of sp³-hybridized carbons (Fsp3) is 0.333. The molecule has 1 aromatic carbocycles. The van der Waals surface area contributed by atoms with Gasteiger partial charge in [0.25, 0.3) is 10.0 Å². The number of nitrogens with one attached hydrogen (secondary N) is 1. The first-order chi connectivity index (χ1) is 7.51. The van der Waals surface area contributed by atoms with Crippen molar-refractivity contribution in [2.75, 3.05) is 13.7 Å². The summed E-state index contributed by atoms with van der Waals surface area (Å²) in [5, 5.41) is 0. The predicted octanol–water partition coefficient (Wildman–Crippen LogP) is 1.69. The van der Waals surface area contributed by atoms with Gasteiger partial charge in [0.15, 0.2) is 0 Å². The molecule has 0 unspecified atom stereocenters. The molecule has 0 saturated heterocycles. The number of methoxy groups -OCH3 is 1. The van der Waals surface area contributed by atoms with Gasteiger partial charge in [0.1, 0.15) is 10.6 Å². The van der Waals surface area contributed by atoms with Gasteiger partial charge in [0.05, 0.1) is 13.7 Å². The molecule has 0 aliphatic carbocycles. The van der Waals surface area contributed by atoms with Crippen molar-refractivity contribution in [2.45, 2.75) is 11.8 Å². The average Bonchev–Trinajstić information content (AvgIpc) is 2.26. The summed E-state index contributed by atoms with van der Waals surface area (Å²) < 4.78 is 29.2. The molecule has 16 heavy (non-hydrogen) atoms. The monoisotopic (exact) mass is 309 g/mol. The molecule has 0 amide bonds. The fourth-order valence-electron chi connectivity index (χ4n) is 1.04. The molecular formula is C9H12BrNO4S. The zero-order chi connectivity index (χ0) is 12.2. The first-order valence-electron chi connectivity index (χ1n) is 4.48. The van der Waals surface area contributed by atoms with Crippen LogP contribution < -0.4 is 9.62 Å². The number of halogens is 1. The van der Waals surface area contributed by atoms with Crippen molar-refractivity contribution in [3.8, 4) is 5.75 Å². The molecule has 0 heterocycles. The van der Waals surface area contributed by atoms with Crippen molar-refractivity contribution < 1.29 is 18.0 Å². The molecule has 0 aliphatic heterocycles. The van der Waals surface area contributed by atoms with Crippen LogP contribution in [0.25, 0.3) is 0 Å². The highest BCUT2D eigenvalue weighted by molar-refractivity contribution is 9.10. The summed E-state index contributed by atoms with van der Waals surface area (Å²) >= 11 is 3.20.